The van der Waals surface area contributed by atoms with Crippen LogP contribution in [0.15, 0.2) is 12.7 Å². The quantitative estimate of drug-likeness (QED) is 0.488. The Bertz CT molecular complexity index is 279. The Morgan fingerprint density at radius 1 is 1.17 bits per heavy atom. The Morgan fingerprint density at radius 2 is 1.33 bits per heavy atom. The van der Waals surface area contributed by atoms with Crippen molar-refractivity contribution in [3.8, 4) is 0 Å². The zero-order valence-electron chi connectivity index (χ0n) is 6.04. The molecule has 0 aliphatic carbocycles. The van der Waals surface area contributed by atoms with Gasteiger partial charge >= 0.3 is 20.8 Å². The van der Waals surface area contributed by atoms with Crippen molar-refractivity contribution < 1.29 is 29.6 Å². The third-order valence-electron chi connectivity index (χ3n) is 0.172. The van der Waals surface area contributed by atoms with E-state index in [2.05, 4.69) is 10.2 Å². The van der Waals surface area contributed by atoms with Crippen LogP contribution in [-0.2, 0) is 24.4 Å². The molecule has 7 nitrogen and oxygen atoms in total. The van der Waals surface area contributed by atoms with E-state index in [0.29, 0.717) is 0 Å². The highest BCUT2D eigenvalue weighted by molar-refractivity contribution is 7.94. The molecule has 0 saturated heterocycles. The molecule has 0 aliphatic heterocycles. The van der Waals surface area contributed by atoms with Gasteiger partial charge in [-0.25, -0.2) is 0 Å². The molecule has 0 saturated carbocycles. The van der Waals surface area contributed by atoms with E-state index in [9.17, 15) is 16.8 Å². The minimum Gasteiger partial charge on any atom is -0.263 e. The summed E-state index contributed by atoms with van der Waals surface area (Å²) in [6.45, 7) is 5.25. The minimum absolute atomic E-state index is 1.75. The van der Waals surface area contributed by atoms with Crippen molar-refractivity contribution in [3.63, 3.8) is 0 Å². The first kappa shape index (κ1) is 14.1. The van der Waals surface area contributed by atoms with Gasteiger partial charge in [-0.3, -0.25) is 9.11 Å². The van der Waals surface area contributed by atoms with Crippen LogP contribution in [0.2, 0.25) is 0 Å². The first-order valence-corrected chi connectivity index (χ1v) is 5.08. The second-order valence-corrected chi connectivity index (χ2v) is 3.59. The fraction of sp³-hybridized carbons (Fsp3) is 0.333. The molecule has 0 aromatic heterocycles. The number of hydrogen-bond acceptors (Lipinski definition) is 5. The number of rotatable bonds is 2. The van der Waals surface area contributed by atoms with Crippen molar-refractivity contribution in [2.24, 2.45) is 0 Å². The monoisotopic (exact) mass is 220 g/mol. The van der Waals surface area contributed by atoms with Crippen LogP contribution in [0, 0.1) is 0 Å². The normalized spacial score (nSPS) is 11.2. The van der Waals surface area contributed by atoms with E-state index in [0.717, 1.165) is 0 Å². The smallest absolute Gasteiger partial charge is 0.263 e. The fourth-order valence-electron chi connectivity index (χ4n) is 0.109. The van der Waals surface area contributed by atoms with Crippen LogP contribution >= 0.6 is 0 Å². The number of hydrogen-bond donors (Lipinski definition) is 2. The molecule has 9 heteroatoms. The van der Waals surface area contributed by atoms with Gasteiger partial charge < -0.3 is 0 Å². The summed E-state index contributed by atoms with van der Waals surface area (Å²) >= 11 is 0. The summed E-state index contributed by atoms with van der Waals surface area (Å²) in [5.74, 6) is 0. The summed E-state index contributed by atoms with van der Waals surface area (Å²) in [6, 6.07) is 0. The third-order valence-corrected chi connectivity index (χ3v) is 1.55. The summed E-state index contributed by atoms with van der Waals surface area (Å²) in [6.07, 6.45) is 1.75. The van der Waals surface area contributed by atoms with Crippen molar-refractivity contribution >= 4 is 20.8 Å². The van der Waals surface area contributed by atoms with Gasteiger partial charge in [-0.05, 0) is 6.92 Å². The highest BCUT2D eigenvalue weighted by Crippen LogP contribution is 1.91. The first-order valence-electron chi connectivity index (χ1n) is 2.35. The van der Waals surface area contributed by atoms with Crippen LogP contribution in [0.3, 0.4) is 0 Å². The van der Waals surface area contributed by atoms with E-state index < -0.39 is 20.8 Å². The van der Waals surface area contributed by atoms with Crippen molar-refractivity contribution in [1.82, 2.24) is 0 Å². The third kappa shape index (κ3) is 22.7. The maximum Gasteiger partial charge on any atom is 0.413 e. The SMILES string of the molecule is C=CC.O=S(=O)(O)OS(=O)(=O)O. The second kappa shape index (κ2) is 5.22. The fourth-order valence-corrected chi connectivity index (χ4v) is 0.978. The maximum atomic E-state index is 9.44. The van der Waals surface area contributed by atoms with Gasteiger partial charge in [-0.1, -0.05) is 6.08 Å². The zero-order valence-corrected chi connectivity index (χ0v) is 7.67. The van der Waals surface area contributed by atoms with Crippen molar-refractivity contribution in [2.75, 3.05) is 0 Å². The Morgan fingerprint density at radius 3 is 1.33 bits per heavy atom. The summed E-state index contributed by atoms with van der Waals surface area (Å²) in [4.78, 5) is 0. The van der Waals surface area contributed by atoms with Gasteiger partial charge in [-0.15, -0.1) is 10.2 Å². The predicted molar refractivity (Wildman–Crippen MR) is 40.1 cm³/mol. The van der Waals surface area contributed by atoms with Crippen molar-refractivity contribution in [3.05, 3.63) is 12.7 Å². The van der Waals surface area contributed by atoms with E-state index in [1.807, 2.05) is 6.92 Å². The van der Waals surface area contributed by atoms with Crippen LogP contribution in [-0.4, -0.2) is 25.9 Å². The summed E-state index contributed by atoms with van der Waals surface area (Å²) in [5, 5.41) is 0. The summed E-state index contributed by atoms with van der Waals surface area (Å²) in [5.41, 5.74) is 0. The molecule has 0 bridgehead atoms. The lowest BCUT2D eigenvalue weighted by Crippen LogP contribution is -2.10. The second-order valence-electron chi connectivity index (χ2n) is 1.33. The molecule has 0 amide bonds. The Balaban J connectivity index is 0. The maximum absolute atomic E-state index is 9.44. The average molecular weight is 220 g/mol. The predicted octanol–water partition coefficient (Wildman–Crippen LogP) is -0.199. The van der Waals surface area contributed by atoms with Gasteiger partial charge in [-0.2, -0.15) is 16.8 Å². The van der Waals surface area contributed by atoms with Crippen LogP contribution in [0.5, 0.6) is 0 Å². The highest BCUT2D eigenvalue weighted by Gasteiger charge is 2.15. The van der Waals surface area contributed by atoms with Gasteiger partial charge in [0.05, 0.1) is 0 Å². The zero-order chi connectivity index (χ0) is 10.4. The highest BCUT2D eigenvalue weighted by atomic mass is 32.3. The topological polar surface area (TPSA) is 118 Å². The Hall–Kier alpha value is -0.480. The molecule has 0 radical (unpaired) electrons. The molecule has 0 heterocycles. The average Bonchev–Trinajstić information content (AvgIpc) is 1.53. The molecule has 0 fully saturated rings. The molecule has 0 aromatic carbocycles. The van der Waals surface area contributed by atoms with E-state index in [-0.39, 0.29) is 0 Å². The lowest BCUT2D eigenvalue weighted by Gasteiger charge is -1.89. The molecular formula is C3H8O7S2. The van der Waals surface area contributed by atoms with E-state index in [1.165, 1.54) is 0 Å². The summed E-state index contributed by atoms with van der Waals surface area (Å²) in [7, 11) is -10.2. The van der Waals surface area contributed by atoms with Gasteiger partial charge in [0, 0.05) is 0 Å². The molecule has 0 rings (SSSR count). The lowest BCUT2D eigenvalue weighted by atomic mass is 10.8. The van der Waals surface area contributed by atoms with E-state index in [4.69, 9.17) is 9.11 Å². The van der Waals surface area contributed by atoms with Gasteiger partial charge in [0.25, 0.3) is 0 Å². The molecule has 0 spiro atoms. The Labute approximate surface area is 70.6 Å². The van der Waals surface area contributed by atoms with Crippen LogP contribution < -0.4 is 0 Å². The molecule has 0 aliphatic rings. The first-order chi connectivity index (χ1) is 5.12. The minimum atomic E-state index is -5.12. The molecule has 0 atom stereocenters. The van der Waals surface area contributed by atoms with Crippen LogP contribution in [0.1, 0.15) is 6.92 Å². The largest absolute Gasteiger partial charge is 0.413 e. The Kier molecular flexibility index (Phi) is 6.11. The van der Waals surface area contributed by atoms with Crippen LogP contribution in [0.25, 0.3) is 0 Å². The van der Waals surface area contributed by atoms with Gasteiger partial charge in [0.15, 0.2) is 0 Å². The molecular weight excluding hydrogens is 212 g/mol. The van der Waals surface area contributed by atoms with Crippen LogP contribution in [0.4, 0.5) is 0 Å². The number of allylic oxidation sites excluding steroid dienone is 1. The molecule has 12 heavy (non-hydrogen) atoms. The van der Waals surface area contributed by atoms with E-state index >= 15 is 0 Å². The molecule has 2 N–H and O–H groups in total. The van der Waals surface area contributed by atoms with Gasteiger partial charge in [0.1, 0.15) is 0 Å². The standard InChI is InChI=1S/C3H6.H2O7S2/c1-3-2;1-8(2,3)7-9(4,5)6/h3H,1H2,2H3;(H,1,2,3)(H,4,5,6). The van der Waals surface area contributed by atoms with Crippen molar-refractivity contribution in [2.45, 2.75) is 6.92 Å². The molecule has 74 valence electrons. The molecule has 0 aromatic rings. The molecule has 0 unspecified atom stereocenters. The van der Waals surface area contributed by atoms with Crippen molar-refractivity contribution in [1.29, 1.82) is 0 Å². The summed E-state index contributed by atoms with van der Waals surface area (Å²) < 4.78 is 55.6. The van der Waals surface area contributed by atoms with Gasteiger partial charge in [0.2, 0.25) is 0 Å². The lowest BCUT2D eigenvalue weighted by molar-refractivity contribution is 0.344. The van der Waals surface area contributed by atoms with E-state index in [1.54, 1.807) is 6.08 Å².